The van der Waals surface area contributed by atoms with Crippen molar-refractivity contribution in [2.45, 2.75) is 24.9 Å². The van der Waals surface area contributed by atoms with Crippen molar-refractivity contribution in [1.82, 2.24) is 0 Å². The summed E-state index contributed by atoms with van der Waals surface area (Å²) < 4.78 is 12.8. The summed E-state index contributed by atoms with van der Waals surface area (Å²) in [5.74, 6) is 0. The maximum atomic E-state index is 6.42. The first kappa shape index (κ1) is 16.2. The van der Waals surface area contributed by atoms with Gasteiger partial charge >= 0.3 is 8.56 Å². The molecule has 0 saturated carbocycles. The van der Waals surface area contributed by atoms with Crippen LogP contribution in [0.4, 0.5) is 0 Å². The van der Waals surface area contributed by atoms with Crippen LogP contribution in [0.1, 0.15) is 36.1 Å². The van der Waals surface area contributed by atoms with Crippen LogP contribution >= 0.6 is 0 Å². The number of benzene rings is 2. The molecule has 1 aliphatic rings. The maximum absolute atomic E-state index is 6.42. The van der Waals surface area contributed by atoms with Gasteiger partial charge in [0, 0.05) is 24.3 Å². The van der Waals surface area contributed by atoms with Gasteiger partial charge in [0.15, 0.2) is 0 Å². The molecule has 3 rings (SSSR count). The molecule has 2 nitrogen and oxygen atoms in total. The molecule has 0 spiro atoms. The molecule has 0 aliphatic carbocycles. The molecule has 2 aromatic carbocycles. The third kappa shape index (κ3) is 3.04. The SMILES string of the molecule is CCO[Si]1(OCC)[C@H](c2ccccc2)C=C[C@H]1c1ccccc1. The van der Waals surface area contributed by atoms with Crippen LogP contribution in [0.25, 0.3) is 0 Å². The van der Waals surface area contributed by atoms with E-state index in [0.29, 0.717) is 13.2 Å². The van der Waals surface area contributed by atoms with Crippen LogP contribution < -0.4 is 0 Å². The lowest BCUT2D eigenvalue weighted by molar-refractivity contribution is 0.175. The first-order chi connectivity index (χ1) is 11.3. The van der Waals surface area contributed by atoms with Crippen molar-refractivity contribution >= 4 is 8.56 Å². The zero-order valence-electron chi connectivity index (χ0n) is 13.8. The highest BCUT2D eigenvalue weighted by Gasteiger charge is 2.55. The van der Waals surface area contributed by atoms with Crippen LogP contribution in [0.5, 0.6) is 0 Å². The minimum absolute atomic E-state index is 0.230. The molecule has 0 amide bonds. The number of hydrogen-bond acceptors (Lipinski definition) is 2. The topological polar surface area (TPSA) is 18.5 Å². The molecule has 2 aromatic rings. The van der Waals surface area contributed by atoms with E-state index in [0.717, 1.165) is 0 Å². The van der Waals surface area contributed by atoms with E-state index >= 15 is 0 Å². The van der Waals surface area contributed by atoms with Crippen LogP contribution in [0, 0.1) is 0 Å². The van der Waals surface area contributed by atoms with Gasteiger partial charge in [0.1, 0.15) is 0 Å². The minimum Gasteiger partial charge on any atom is -0.393 e. The smallest absolute Gasteiger partial charge is 0.361 e. The van der Waals surface area contributed by atoms with Gasteiger partial charge in [-0.25, -0.2) is 0 Å². The highest BCUT2D eigenvalue weighted by atomic mass is 28.4. The molecule has 0 bridgehead atoms. The molecule has 2 atom stereocenters. The molecular formula is C20H24O2Si. The molecule has 0 radical (unpaired) electrons. The highest BCUT2D eigenvalue weighted by Crippen LogP contribution is 2.46. The van der Waals surface area contributed by atoms with Crippen molar-refractivity contribution in [1.29, 1.82) is 0 Å². The fourth-order valence-corrected chi connectivity index (χ4v) is 7.71. The lowest BCUT2D eigenvalue weighted by atomic mass is 10.1. The van der Waals surface area contributed by atoms with Crippen molar-refractivity contribution in [3.8, 4) is 0 Å². The molecule has 23 heavy (non-hydrogen) atoms. The van der Waals surface area contributed by atoms with Gasteiger partial charge in [-0.1, -0.05) is 72.8 Å². The van der Waals surface area contributed by atoms with Gasteiger partial charge in [0.05, 0.1) is 0 Å². The van der Waals surface area contributed by atoms with E-state index in [2.05, 4.69) is 86.7 Å². The number of rotatable bonds is 6. The Hall–Kier alpha value is -1.68. The van der Waals surface area contributed by atoms with Crippen LogP contribution in [0.2, 0.25) is 0 Å². The van der Waals surface area contributed by atoms with E-state index in [9.17, 15) is 0 Å². The largest absolute Gasteiger partial charge is 0.393 e. The summed E-state index contributed by atoms with van der Waals surface area (Å²) in [6.45, 7) is 5.49. The predicted molar refractivity (Wildman–Crippen MR) is 96.5 cm³/mol. The average molecular weight is 324 g/mol. The maximum Gasteiger partial charge on any atom is 0.361 e. The molecule has 0 aromatic heterocycles. The molecule has 0 saturated heterocycles. The zero-order chi connectivity index (χ0) is 16.1. The first-order valence-corrected chi connectivity index (χ1v) is 10.3. The summed E-state index contributed by atoms with van der Waals surface area (Å²) in [7, 11) is -2.48. The fourth-order valence-electron chi connectivity index (χ4n) is 3.54. The van der Waals surface area contributed by atoms with Gasteiger partial charge < -0.3 is 8.85 Å². The molecule has 0 fully saturated rings. The summed E-state index contributed by atoms with van der Waals surface area (Å²) in [5, 5.41) is 0. The molecule has 120 valence electrons. The predicted octanol–water partition coefficient (Wildman–Crippen LogP) is 4.72. The summed E-state index contributed by atoms with van der Waals surface area (Å²) in [6, 6.07) is 21.2. The Morgan fingerprint density at radius 2 is 1.09 bits per heavy atom. The van der Waals surface area contributed by atoms with Crippen molar-refractivity contribution in [3.63, 3.8) is 0 Å². The van der Waals surface area contributed by atoms with E-state index in [1.54, 1.807) is 0 Å². The van der Waals surface area contributed by atoms with E-state index in [4.69, 9.17) is 8.85 Å². The third-order valence-electron chi connectivity index (χ3n) is 4.42. The van der Waals surface area contributed by atoms with Crippen molar-refractivity contribution in [3.05, 3.63) is 83.9 Å². The number of hydrogen-bond donors (Lipinski definition) is 0. The van der Waals surface area contributed by atoms with E-state index in [1.807, 2.05) is 0 Å². The Bertz CT molecular complexity index is 582. The Morgan fingerprint density at radius 3 is 1.43 bits per heavy atom. The normalized spacial score (nSPS) is 22.3. The molecule has 0 N–H and O–H groups in total. The van der Waals surface area contributed by atoms with E-state index in [-0.39, 0.29) is 11.1 Å². The molecular weight excluding hydrogens is 300 g/mol. The van der Waals surface area contributed by atoms with E-state index < -0.39 is 8.56 Å². The summed E-state index contributed by atoms with van der Waals surface area (Å²) in [5.41, 5.74) is 3.04. The quantitative estimate of drug-likeness (QED) is 0.565. The minimum atomic E-state index is -2.48. The highest BCUT2D eigenvalue weighted by molar-refractivity contribution is 6.72. The lowest BCUT2D eigenvalue weighted by Crippen LogP contribution is -2.50. The van der Waals surface area contributed by atoms with E-state index in [1.165, 1.54) is 11.1 Å². The second kappa shape index (κ2) is 7.26. The Morgan fingerprint density at radius 1 is 0.696 bits per heavy atom. The second-order valence-corrected chi connectivity index (χ2v) is 9.01. The van der Waals surface area contributed by atoms with Gasteiger partial charge in [-0.05, 0) is 25.0 Å². The molecule has 3 heteroatoms. The first-order valence-electron chi connectivity index (χ1n) is 8.38. The van der Waals surface area contributed by atoms with Crippen LogP contribution in [-0.2, 0) is 8.85 Å². The van der Waals surface area contributed by atoms with Crippen LogP contribution in [-0.4, -0.2) is 21.8 Å². The van der Waals surface area contributed by atoms with Gasteiger partial charge in [-0.15, -0.1) is 0 Å². The molecule has 1 aliphatic heterocycles. The van der Waals surface area contributed by atoms with Crippen molar-refractivity contribution in [2.75, 3.05) is 13.2 Å². The Labute approximate surface area is 140 Å². The summed E-state index contributed by atoms with van der Waals surface area (Å²) >= 11 is 0. The lowest BCUT2D eigenvalue weighted by Gasteiger charge is -2.37. The van der Waals surface area contributed by atoms with Crippen LogP contribution in [0.3, 0.4) is 0 Å². The second-order valence-electron chi connectivity index (χ2n) is 5.75. The third-order valence-corrected chi connectivity index (χ3v) is 8.69. The summed E-state index contributed by atoms with van der Waals surface area (Å²) in [6.07, 6.45) is 4.59. The average Bonchev–Trinajstić information content (AvgIpc) is 2.96. The number of allylic oxidation sites excluding steroid dienone is 2. The van der Waals surface area contributed by atoms with Gasteiger partial charge in [0.25, 0.3) is 0 Å². The monoisotopic (exact) mass is 324 g/mol. The Balaban J connectivity index is 2.05. The van der Waals surface area contributed by atoms with Gasteiger partial charge in [0.2, 0.25) is 0 Å². The fraction of sp³-hybridized carbons (Fsp3) is 0.300. The van der Waals surface area contributed by atoms with Gasteiger partial charge in [-0.3, -0.25) is 0 Å². The molecule has 1 heterocycles. The zero-order valence-corrected chi connectivity index (χ0v) is 14.8. The Kier molecular flexibility index (Phi) is 5.11. The molecule has 0 unspecified atom stereocenters. The van der Waals surface area contributed by atoms with Crippen molar-refractivity contribution in [2.24, 2.45) is 0 Å². The standard InChI is InChI=1S/C20H24O2Si/c1-3-21-23(22-4-2)19(17-11-7-5-8-12-17)15-16-20(23)18-13-9-6-10-14-18/h5-16,19-20H,3-4H2,1-2H3/t19-,20-/m0/s1. The van der Waals surface area contributed by atoms with Gasteiger partial charge in [-0.2, -0.15) is 0 Å². The van der Waals surface area contributed by atoms with Crippen molar-refractivity contribution < 1.29 is 8.85 Å². The summed E-state index contributed by atoms with van der Waals surface area (Å²) in [4.78, 5) is 0. The van der Waals surface area contributed by atoms with Crippen LogP contribution in [0.15, 0.2) is 72.8 Å².